The number of aryl methyl sites for hydroxylation is 1. The van der Waals surface area contributed by atoms with Crippen LogP contribution < -0.4 is 0 Å². The Morgan fingerprint density at radius 1 is 1.10 bits per heavy atom. The Morgan fingerprint density at radius 2 is 1.69 bits per heavy atom. The van der Waals surface area contributed by atoms with Gasteiger partial charge in [-0.1, -0.05) is 30.3 Å². The van der Waals surface area contributed by atoms with Crippen LogP contribution in [0, 0.1) is 30.6 Å². The second-order valence-electron chi connectivity index (χ2n) is 7.45. The third kappa shape index (κ3) is 3.49. The van der Waals surface area contributed by atoms with Crippen LogP contribution in [0.15, 0.2) is 30.3 Å². The minimum atomic E-state index is -1.40. The van der Waals surface area contributed by atoms with Crippen molar-refractivity contribution >= 4 is 11.9 Å². The monoisotopic (exact) mass is 392 g/mol. The molecule has 0 aliphatic heterocycles. The van der Waals surface area contributed by atoms with E-state index in [1.807, 2.05) is 44.2 Å². The molecular weight excluding hydrogens is 368 g/mol. The van der Waals surface area contributed by atoms with Gasteiger partial charge in [0.15, 0.2) is 5.41 Å². The minimum Gasteiger partial charge on any atom is -0.468 e. The van der Waals surface area contributed by atoms with Gasteiger partial charge in [-0.2, -0.15) is 5.26 Å². The van der Waals surface area contributed by atoms with Gasteiger partial charge in [0.2, 0.25) is 0 Å². The van der Waals surface area contributed by atoms with Crippen LogP contribution in [0.4, 0.5) is 0 Å². The highest BCUT2D eigenvalue weighted by Gasteiger charge is 2.53. The van der Waals surface area contributed by atoms with Crippen molar-refractivity contribution < 1.29 is 19.1 Å². The summed E-state index contributed by atoms with van der Waals surface area (Å²) in [7, 11) is 2.54. The Labute approximate surface area is 170 Å². The first kappa shape index (κ1) is 20.5. The van der Waals surface area contributed by atoms with Crippen molar-refractivity contribution in [3.8, 4) is 6.07 Å². The molecule has 0 radical (unpaired) electrons. The number of benzene rings is 1. The van der Waals surface area contributed by atoms with Crippen molar-refractivity contribution in [1.29, 1.82) is 5.26 Å². The largest absolute Gasteiger partial charge is 0.468 e. The number of fused-ring (bicyclic) bond motifs is 1. The summed E-state index contributed by atoms with van der Waals surface area (Å²) >= 11 is 0. The number of nitriles is 1. The van der Waals surface area contributed by atoms with Gasteiger partial charge in [-0.15, -0.1) is 0 Å². The van der Waals surface area contributed by atoms with Crippen LogP contribution in [0.1, 0.15) is 39.6 Å². The maximum Gasteiger partial charge on any atom is 0.323 e. The van der Waals surface area contributed by atoms with Crippen LogP contribution in [0.5, 0.6) is 0 Å². The van der Waals surface area contributed by atoms with Crippen molar-refractivity contribution in [1.82, 2.24) is 4.98 Å². The lowest BCUT2D eigenvalue weighted by molar-refractivity contribution is -0.168. The number of carbonyl (C=O) groups excluding carboxylic acids is 2. The van der Waals surface area contributed by atoms with E-state index < -0.39 is 23.3 Å². The molecule has 1 heterocycles. The molecule has 0 N–H and O–H groups in total. The zero-order valence-corrected chi connectivity index (χ0v) is 17.1. The molecule has 2 aromatic rings. The molecule has 6 heteroatoms. The topological polar surface area (TPSA) is 89.3 Å². The SMILES string of the molecule is COC(=O)C1(C(=O)OC)Cc2c(C)nc(C(C#N)Cc3ccccc3)c(C)c2C1. The molecule has 29 heavy (non-hydrogen) atoms. The molecule has 150 valence electrons. The van der Waals surface area contributed by atoms with Crippen molar-refractivity contribution in [2.45, 2.75) is 39.0 Å². The molecule has 0 saturated heterocycles. The number of methoxy groups -OCH3 is 2. The summed E-state index contributed by atoms with van der Waals surface area (Å²) in [6.07, 6.45) is 0.924. The standard InChI is InChI=1S/C23H24N2O4/c1-14-18-11-23(21(26)28-3,22(27)29-4)12-19(18)15(2)25-20(14)17(13-24)10-16-8-6-5-7-9-16/h5-9,17H,10-12H2,1-4H3. The summed E-state index contributed by atoms with van der Waals surface area (Å²) in [5.74, 6) is -1.64. The average molecular weight is 392 g/mol. The fourth-order valence-corrected chi connectivity index (χ4v) is 4.23. The highest BCUT2D eigenvalue weighted by atomic mass is 16.5. The number of ether oxygens (including phenoxy) is 2. The second kappa shape index (κ2) is 8.04. The van der Waals surface area contributed by atoms with Gasteiger partial charge < -0.3 is 9.47 Å². The molecule has 1 aromatic carbocycles. The molecule has 1 aliphatic carbocycles. The number of hydrogen-bond donors (Lipinski definition) is 0. The molecule has 0 spiro atoms. The zero-order valence-electron chi connectivity index (χ0n) is 17.1. The first-order valence-corrected chi connectivity index (χ1v) is 9.47. The van der Waals surface area contributed by atoms with E-state index in [0.29, 0.717) is 12.1 Å². The quantitative estimate of drug-likeness (QED) is 0.574. The zero-order chi connectivity index (χ0) is 21.2. The number of rotatable bonds is 5. The Bertz CT molecular complexity index is 976. The molecule has 0 bridgehead atoms. The van der Waals surface area contributed by atoms with Crippen LogP contribution >= 0.6 is 0 Å². The number of hydrogen-bond acceptors (Lipinski definition) is 6. The van der Waals surface area contributed by atoms with Crippen LogP contribution in [-0.2, 0) is 38.3 Å². The number of pyridine rings is 1. The Balaban J connectivity index is 2.05. The number of nitrogens with zero attached hydrogens (tertiary/aromatic N) is 2. The smallest absolute Gasteiger partial charge is 0.323 e. The minimum absolute atomic E-state index is 0.188. The van der Waals surface area contributed by atoms with E-state index in [1.165, 1.54) is 14.2 Å². The van der Waals surface area contributed by atoms with E-state index in [4.69, 9.17) is 14.5 Å². The second-order valence-corrected chi connectivity index (χ2v) is 7.45. The van der Waals surface area contributed by atoms with E-state index in [0.717, 1.165) is 27.9 Å². The predicted octanol–water partition coefficient (Wildman–Crippen LogP) is 2.98. The van der Waals surface area contributed by atoms with E-state index in [1.54, 1.807) is 0 Å². The lowest BCUT2D eigenvalue weighted by Gasteiger charge is -2.22. The van der Waals surface area contributed by atoms with Gasteiger partial charge in [-0.25, -0.2) is 0 Å². The van der Waals surface area contributed by atoms with Crippen molar-refractivity contribution in [3.63, 3.8) is 0 Å². The lowest BCUT2D eigenvalue weighted by atomic mass is 9.84. The third-order valence-corrected chi connectivity index (χ3v) is 5.80. The highest BCUT2D eigenvalue weighted by molar-refractivity contribution is 6.01. The molecular formula is C23H24N2O4. The molecule has 0 fully saturated rings. The van der Waals surface area contributed by atoms with Gasteiger partial charge in [0.25, 0.3) is 0 Å². The fourth-order valence-electron chi connectivity index (χ4n) is 4.23. The third-order valence-electron chi connectivity index (χ3n) is 5.80. The van der Waals surface area contributed by atoms with Crippen LogP contribution in [-0.4, -0.2) is 31.1 Å². The summed E-state index contributed by atoms with van der Waals surface area (Å²) in [5, 5.41) is 9.82. The van der Waals surface area contributed by atoms with Crippen LogP contribution in [0.2, 0.25) is 0 Å². The molecule has 0 amide bonds. The van der Waals surface area contributed by atoms with Gasteiger partial charge >= 0.3 is 11.9 Å². The number of carbonyl (C=O) groups is 2. The van der Waals surface area contributed by atoms with E-state index >= 15 is 0 Å². The van der Waals surface area contributed by atoms with Gasteiger partial charge in [0.1, 0.15) is 0 Å². The van der Waals surface area contributed by atoms with Gasteiger partial charge in [0.05, 0.1) is 31.9 Å². The average Bonchev–Trinajstić information content (AvgIpc) is 3.17. The molecule has 1 atom stereocenters. The fraction of sp³-hybridized carbons (Fsp3) is 0.391. The highest BCUT2D eigenvalue weighted by Crippen LogP contribution is 2.43. The van der Waals surface area contributed by atoms with E-state index in [9.17, 15) is 14.9 Å². The molecule has 0 saturated carbocycles. The van der Waals surface area contributed by atoms with Crippen molar-refractivity contribution in [2.24, 2.45) is 5.41 Å². The van der Waals surface area contributed by atoms with Gasteiger partial charge in [-0.3, -0.25) is 14.6 Å². The summed E-state index contributed by atoms with van der Waals surface area (Å²) in [6, 6.07) is 12.2. The molecule has 1 aromatic heterocycles. The first-order chi connectivity index (χ1) is 13.9. The summed E-state index contributed by atoms with van der Waals surface area (Å²) in [4.78, 5) is 29.8. The molecule has 3 rings (SSSR count). The normalized spacial score (nSPS) is 15.1. The maximum absolute atomic E-state index is 12.5. The van der Waals surface area contributed by atoms with E-state index in [2.05, 4.69) is 6.07 Å². The number of aromatic nitrogens is 1. The molecule has 1 unspecified atom stereocenters. The van der Waals surface area contributed by atoms with Crippen molar-refractivity contribution in [3.05, 3.63) is 64.0 Å². The van der Waals surface area contributed by atoms with Gasteiger partial charge in [0, 0.05) is 18.5 Å². The molecule has 6 nitrogen and oxygen atoms in total. The number of esters is 2. The Kier molecular flexibility index (Phi) is 5.69. The maximum atomic E-state index is 12.5. The van der Waals surface area contributed by atoms with Gasteiger partial charge in [-0.05, 0) is 42.5 Å². The summed E-state index contributed by atoms with van der Waals surface area (Å²) in [5.41, 5.74) is 3.67. The molecule has 1 aliphatic rings. The van der Waals surface area contributed by atoms with Crippen LogP contribution in [0.3, 0.4) is 0 Å². The predicted molar refractivity (Wildman–Crippen MR) is 106 cm³/mol. The first-order valence-electron chi connectivity index (χ1n) is 9.47. The Morgan fingerprint density at radius 3 is 2.24 bits per heavy atom. The summed E-state index contributed by atoms with van der Waals surface area (Å²) in [6.45, 7) is 3.75. The Hall–Kier alpha value is -3.20. The van der Waals surface area contributed by atoms with Crippen molar-refractivity contribution in [2.75, 3.05) is 14.2 Å². The van der Waals surface area contributed by atoms with E-state index in [-0.39, 0.29) is 12.8 Å². The lowest BCUT2D eigenvalue weighted by Crippen LogP contribution is -2.42. The van der Waals surface area contributed by atoms with Crippen LogP contribution in [0.25, 0.3) is 0 Å². The summed E-state index contributed by atoms with van der Waals surface area (Å²) < 4.78 is 9.87.